The molecule has 0 atom stereocenters. The van der Waals surface area contributed by atoms with Gasteiger partial charge in [0.1, 0.15) is 5.58 Å². The van der Waals surface area contributed by atoms with Crippen molar-refractivity contribution in [3.63, 3.8) is 0 Å². The number of hydrogen-bond acceptors (Lipinski definition) is 3. The lowest BCUT2D eigenvalue weighted by molar-refractivity contribution is 0.669. The molecule has 4 heteroatoms. The topological polar surface area (TPSA) is 21.3 Å². The number of nitrogens with zero attached hydrogens (tertiary/aromatic N) is 2. The van der Waals surface area contributed by atoms with Crippen LogP contribution in [0, 0.1) is 0 Å². The molecule has 0 aliphatic carbocycles. The SMILES string of the molecule is c1ccc(-c2ccc3c(c2)sc2c(-c4ccccc4)ccc(N(c4ccc(-n5c6ccccc6c6ccccc65)cc4)c4cccc5c4oc4ccccc45)c23)cc1. The first-order valence-electron chi connectivity index (χ1n) is 19.7. The summed E-state index contributed by atoms with van der Waals surface area (Å²) in [7, 11) is 0. The summed E-state index contributed by atoms with van der Waals surface area (Å²) in [5.74, 6) is 0. The second-order valence-corrected chi connectivity index (χ2v) is 15.9. The fourth-order valence-corrected chi connectivity index (χ4v) is 10.3. The van der Waals surface area contributed by atoms with Crippen molar-refractivity contribution in [2.45, 2.75) is 0 Å². The van der Waals surface area contributed by atoms with Crippen molar-refractivity contribution in [1.82, 2.24) is 4.57 Å². The molecule has 0 aliphatic rings. The summed E-state index contributed by atoms with van der Waals surface area (Å²) in [5.41, 5.74) is 13.2. The summed E-state index contributed by atoms with van der Waals surface area (Å²) in [6.07, 6.45) is 0. The third-order valence-corrected chi connectivity index (χ3v) is 12.8. The van der Waals surface area contributed by atoms with Gasteiger partial charge in [-0.3, -0.25) is 0 Å². The minimum absolute atomic E-state index is 0.862. The Bertz CT molecular complexity index is 3450. The van der Waals surface area contributed by atoms with Crippen molar-refractivity contribution in [3.05, 3.63) is 206 Å². The molecule has 12 rings (SSSR count). The number of benzene rings is 9. The first-order chi connectivity index (χ1) is 28.8. The normalized spacial score (nSPS) is 11.8. The Hall–Kier alpha value is -7.40. The van der Waals surface area contributed by atoms with Gasteiger partial charge in [-0.25, -0.2) is 0 Å². The molecule has 0 N–H and O–H groups in total. The first-order valence-corrected chi connectivity index (χ1v) is 20.5. The molecule has 0 radical (unpaired) electrons. The standard InChI is InChI=1S/C54H34N2OS/c1-3-14-35(15-4-1)37-26-31-45-51(34-37)58-54-40(36-16-5-2-6-17-36)32-33-48(52(45)54)56(49-24-13-21-44-43-20-9-12-25-50(43)57-53(44)49)39-29-27-38(28-30-39)55-46-22-10-7-18-41(46)42-19-8-11-23-47(42)55/h1-34H. The smallest absolute Gasteiger partial charge is 0.159 e. The zero-order valence-corrected chi connectivity index (χ0v) is 32.2. The van der Waals surface area contributed by atoms with E-state index in [1.807, 2.05) is 17.4 Å². The minimum Gasteiger partial charge on any atom is -0.454 e. The second kappa shape index (κ2) is 13.1. The largest absolute Gasteiger partial charge is 0.454 e. The van der Waals surface area contributed by atoms with Crippen molar-refractivity contribution in [3.8, 4) is 27.9 Å². The van der Waals surface area contributed by atoms with Gasteiger partial charge in [-0.2, -0.15) is 0 Å². The number of para-hydroxylation sites is 4. The number of aromatic nitrogens is 1. The summed E-state index contributed by atoms with van der Waals surface area (Å²) >= 11 is 1.87. The van der Waals surface area contributed by atoms with Crippen LogP contribution in [-0.4, -0.2) is 4.57 Å². The van der Waals surface area contributed by atoms with Gasteiger partial charge in [-0.05, 0) is 82.9 Å². The molecule has 0 bridgehead atoms. The zero-order valence-electron chi connectivity index (χ0n) is 31.3. The third kappa shape index (κ3) is 5.05. The summed E-state index contributed by atoms with van der Waals surface area (Å²) in [6.45, 7) is 0. The van der Waals surface area contributed by atoms with E-state index in [1.165, 1.54) is 64.2 Å². The quantitative estimate of drug-likeness (QED) is 0.168. The predicted octanol–water partition coefficient (Wildman–Crippen LogP) is 15.9. The van der Waals surface area contributed by atoms with Gasteiger partial charge < -0.3 is 13.9 Å². The molecule has 0 unspecified atom stereocenters. The van der Waals surface area contributed by atoms with Crippen LogP contribution >= 0.6 is 11.3 Å². The average molecular weight is 759 g/mol. The highest BCUT2D eigenvalue weighted by atomic mass is 32.1. The van der Waals surface area contributed by atoms with Gasteiger partial charge in [0.15, 0.2) is 5.58 Å². The van der Waals surface area contributed by atoms with E-state index >= 15 is 0 Å². The maximum absolute atomic E-state index is 6.78. The maximum atomic E-state index is 6.78. The van der Waals surface area contributed by atoms with Gasteiger partial charge in [0.25, 0.3) is 0 Å². The van der Waals surface area contributed by atoms with Crippen molar-refractivity contribution >= 4 is 92.3 Å². The predicted molar refractivity (Wildman–Crippen MR) is 247 cm³/mol. The lowest BCUT2D eigenvalue weighted by atomic mass is 9.98. The Kier molecular flexibility index (Phi) is 7.40. The van der Waals surface area contributed by atoms with Crippen LogP contribution < -0.4 is 4.90 Å². The van der Waals surface area contributed by atoms with E-state index in [1.54, 1.807) is 0 Å². The van der Waals surface area contributed by atoms with Crippen LogP contribution in [0.2, 0.25) is 0 Å². The number of fused-ring (bicyclic) bond motifs is 9. The molecule has 0 saturated heterocycles. The van der Waals surface area contributed by atoms with Crippen LogP contribution in [0.3, 0.4) is 0 Å². The number of anilines is 3. The van der Waals surface area contributed by atoms with Gasteiger partial charge in [-0.15, -0.1) is 11.3 Å². The molecule has 58 heavy (non-hydrogen) atoms. The maximum Gasteiger partial charge on any atom is 0.159 e. The van der Waals surface area contributed by atoms with Crippen LogP contribution in [0.15, 0.2) is 211 Å². The molecule has 0 spiro atoms. The molecule has 3 aromatic heterocycles. The van der Waals surface area contributed by atoms with Crippen molar-refractivity contribution in [1.29, 1.82) is 0 Å². The highest BCUT2D eigenvalue weighted by molar-refractivity contribution is 7.26. The summed E-state index contributed by atoms with van der Waals surface area (Å²) in [6, 6.07) is 74.3. The van der Waals surface area contributed by atoms with Crippen LogP contribution in [0.1, 0.15) is 0 Å². The highest BCUT2D eigenvalue weighted by Crippen LogP contribution is 2.50. The molecular weight excluding hydrogens is 725 g/mol. The molecule has 3 nitrogen and oxygen atoms in total. The van der Waals surface area contributed by atoms with Crippen LogP contribution in [-0.2, 0) is 0 Å². The Morgan fingerprint density at radius 1 is 0.431 bits per heavy atom. The van der Waals surface area contributed by atoms with Crippen LogP contribution in [0.25, 0.3) is 91.9 Å². The minimum atomic E-state index is 0.862. The van der Waals surface area contributed by atoms with E-state index < -0.39 is 0 Å². The molecule has 0 saturated carbocycles. The van der Waals surface area contributed by atoms with Gasteiger partial charge in [0.2, 0.25) is 0 Å². The lowest BCUT2D eigenvalue weighted by Gasteiger charge is -2.27. The second-order valence-electron chi connectivity index (χ2n) is 14.9. The summed E-state index contributed by atoms with van der Waals surface area (Å²) < 4.78 is 11.7. The average Bonchev–Trinajstić information content (AvgIpc) is 3.98. The Balaban J connectivity index is 1.13. The van der Waals surface area contributed by atoms with Gasteiger partial charge in [0, 0.05) is 53.1 Å². The fraction of sp³-hybridized carbons (Fsp3) is 0. The monoisotopic (exact) mass is 758 g/mol. The van der Waals surface area contributed by atoms with E-state index in [-0.39, 0.29) is 0 Å². The zero-order chi connectivity index (χ0) is 38.2. The van der Waals surface area contributed by atoms with E-state index in [9.17, 15) is 0 Å². The van der Waals surface area contributed by atoms with Crippen molar-refractivity contribution in [2.24, 2.45) is 0 Å². The van der Waals surface area contributed by atoms with E-state index in [0.29, 0.717) is 0 Å². The van der Waals surface area contributed by atoms with Crippen molar-refractivity contribution in [2.75, 3.05) is 4.90 Å². The summed E-state index contributed by atoms with van der Waals surface area (Å²) in [5, 5.41) is 7.17. The van der Waals surface area contributed by atoms with E-state index in [4.69, 9.17) is 4.42 Å². The van der Waals surface area contributed by atoms with E-state index in [0.717, 1.165) is 44.7 Å². The first kappa shape index (κ1) is 32.8. The van der Waals surface area contributed by atoms with Crippen molar-refractivity contribution < 1.29 is 4.42 Å². The van der Waals surface area contributed by atoms with Crippen LogP contribution in [0.4, 0.5) is 17.1 Å². The molecule has 0 fully saturated rings. The molecule has 9 aromatic carbocycles. The van der Waals surface area contributed by atoms with Gasteiger partial charge >= 0.3 is 0 Å². The fourth-order valence-electron chi connectivity index (χ4n) is 8.97. The molecule has 272 valence electrons. The molecule has 0 aliphatic heterocycles. The van der Waals surface area contributed by atoms with Crippen LogP contribution in [0.5, 0.6) is 0 Å². The molecule has 0 amide bonds. The Labute approximate surface area is 338 Å². The third-order valence-electron chi connectivity index (χ3n) is 11.6. The van der Waals surface area contributed by atoms with Gasteiger partial charge in [-0.1, -0.05) is 146 Å². The van der Waals surface area contributed by atoms with Gasteiger partial charge in [0.05, 0.1) is 22.4 Å². The number of hydrogen-bond donors (Lipinski definition) is 0. The number of furan rings is 1. The Morgan fingerprint density at radius 3 is 1.81 bits per heavy atom. The Morgan fingerprint density at radius 2 is 1.07 bits per heavy atom. The number of rotatable bonds is 6. The molecule has 3 heterocycles. The van der Waals surface area contributed by atoms with E-state index in [2.05, 4.69) is 210 Å². The number of thiophene rings is 1. The molecular formula is C54H34N2OS. The molecule has 12 aromatic rings. The highest BCUT2D eigenvalue weighted by Gasteiger charge is 2.25. The lowest BCUT2D eigenvalue weighted by Crippen LogP contribution is -2.11. The summed E-state index contributed by atoms with van der Waals surface area (Å²) in [4.78, 5) is 2.41.